The maximum atomic E-state index is 3.66. The van der Waals surface area contributed by atoms with Gasteiger partial charge in [-0.05, 0) is 29.7 Å². The second kappa shape index (κ2) is 4.58. The van der Waals surface area contributed by atoms with E-state index in [4.69, 9.17) is 0 Å². The van der Waals surface area contributed by atoms with Gasteiger partial charge < -0.3 is 5.32 Å². The average Bonchev–Trinajstić information content (AvgIpc) is 2.15. The molecule has 1 saturated carbocycles. The van der Waals surface area contributed by atoms with E-state index in [2.05, 4.69) is 56.4 Å². The number of nitrogens with one attached hydrogen (secondary N) is 1. The highest BCUT2D eigenvalue weighted by Gasteiger charge is 2.30. The predicted octanol–water partition coefficient (Wildman–Crippen LogP) is 3.57. The Morgan fingerprint density at radius 2 is 1.75 bits per heavy atom. The molecule has 0 amide bonds. The van der Waals surface area contributed by atoms with Crippen molar-refractivity contribution in [2.24, 2.45) is 5.41 Å². The summed E-state index contributed by atoms with van der Waals surface area (Å²) in [5.74, 6) is 0.790. The molecule has 1 nitrogen and oxygen atoms in total. The highest BCUT2D eigenvalue weighted by atomic mass is 14.9. The molecular weight excluding hydrogens is 194 g/mol. The topological polar surface area (TPSA) is 12.0 Å². The van der Waals surface area contributed by atoms with Crippen LogP contribution in [-0.4, -0.2) is 12.6 Å². The van der Waals surface area contributed by atoms with Crippen LogP contribution in [0.2, 0.25) is 0 Å². The molecule has 88 valence electrons. The Balaban J connectivity index is 1.74. The van der Waals surface area contributed by atoms with E-state index < -0.39 is 0 Å². The zero-order chi connectivity index (χ0) is 11.6. The lowest BCUT2D eigenvalue weighted by Crippen LogP contribution is -2.43. The van der Waals surface area contributed by atoms with Crippen LogP contribution in [-0.2, 0) is 0 Å². The van der Waals surface area contributed by atoms with Gasteiger partial charge in [0.1, 0.15) is 0 Å². The Hall–Kier alpha value is -0.820. The normalized spacial score (nSPS) is 25.2. The summed E-state index contributed by atoms with van der Waals surface area (Å²) in [5.41, 5.74) is 1.91. The Labute approximate surface area is 99.3 Å². The molecule has 2 rings (SSSR count). The molecule has 1 aliphatic carbocycles. The van der Waals surface area contributed by atoms with Gasteiger partial charge in [0.2, 0.25) is 0 Å². The summed E-state index contributed by atoms with van der Waals surface area (Å²) in [6.07, 6.45) is 2.61. The van der Waals surface area contributed by atoms with E-state index in [0.29, 0.717) is 5.41 Å². The lowest BCUT2D eigenvalue weighted by atomic mass is 9.75. The molecule has 0 aliphatic heterocycles. The van der Waals surface area contributed by atoms with E-state index in [-0.39, 0.29) is 0 Å². The maximum Gasteiger partial charge on any atom is 0.00789 e. The zero-order valence-electron chi connectivity index (χ0n) is 10.7. The van der Waals surface area contributed by atoms with Crippen molar-refractivity contribution in [2.75, 3.05) is 6.54 Å². The second-order valence-corrected chi connectivity index (χ2v) is 6.22. The van der Waals surface area contributed by atoms with Crippen molar-refractivity contribution in [3.63, 3.8) is 0 Å². The van der Waals surface area contributed by atoms with Crippen LogP contribution in [0.1, 0.15) is 45.1 Å². The molecule has 0 spiro atoms. The predicted molar refractivity (Wildman–Crippen MR) is 69.7 cm³/mol. The van der Waals surface area contributed by atoms with Gasteiger partial charge in [0.15, 0.2) is 0 Å². The molecule has 0 aromatic heterocycles. The first-order valence-corrected chi connectivity index (χ1v) is 6.33. The molecule has 1 N–H and O–H groups in total. The minimum atomic E-state index is 0.401. The molecule has 1 aromatic rings. The third-order valence-electron chi connectivity index (χ3n) is 3.33. The van der Waals surface area contributed by atoms with Crippen molar-refractivity contribution in [3.8, 4) is 0 Å². The molecular formula is C15H23N. The third-order valence-corrected chi connectivity index (χ3v) is 3.33. The number of rotatable bonds is 3. The van der Waals surface area contributed by atoms with Crippen LogP contribution in [0.4, 0.5) is 0 Å². The number of hydrogen-bond acceptors (Lipinski definition) is 1. The molecule has 0 heterocycles. The molecule has 1 aromatic carbocycles. The first kappa shape index (κ1) is 11.7. The summed E-state index contributed by atoms with van der Waals surface area (Å²) in [6, 6.07) is 11.6. The van der Waals surface area contributed by atoms with E-state index in [1.807, 2.05) is 0 Å². The van der Waals surface area contributed by atoms with Crippen molar-refractivity contribution >= 4 is 0 Å². The van der Waals surface area contributed by atoms with Crippen LogP contribution in [0.5, 0.6) is 0 Å². The summed E-state index contributed by atoms with van der Waals surface area (Å²) in [5, 5.41) is 3.66. The minimum absolute atomic E-state index is 0.401. The van der Waals surface area contributed by atoms with Gasteiger partial charge in [-0.2, -0.15) is 0 Å². The fraction of sp³-hybridized carbons (Fsp3) is 0.600. The molecule has 1 heteroatoms. The fourth-order valence-corrected chi connectivity index (χ4v) is 2.23. The maximum absolute atomic E-state index is 3.66. The lowest BCUT2D eigenvalue weighted by molar-refractivity contribution is 0.254. The summed E-state index contributed by atoms with van der Waals surface area (Å²) >= 11 is 0. The van der Waals surface area contributed by atoms with Gasteiger partial charge in [-0.15, -0.1) is 0 Å². The Bertz CT molecular complexity index is 317. The van der Waals surface area contributed by atoms with Crippen LogP contribution in [0.3, 0.4) is 0 Å². The smallest absolute Gasteiger partial charge is 0.00789 e. The molecule has 0 bridgehead atoms. The van der Waals surface area contributed by atoms with Gasteiger partial charge in [0, 0.05) is 12.6 Å². The summed E-state index contributed by atoms with van der Waals surface area (Å²) < 4.78 is 0. The molecule has 0 radical (unpaired) electrons. The van der Waals surface area contributed by atoms with Crippen molar-refractivity contribution in [1.82, 2.24) is 5.32 Å². The van der Waals surface area contributed by atoms with Gasteiger partial charge >= 0.3 is 0 Å². The Morgan fingerprint density at radius 3 is 2.31 bits per heavy atom. The van der Waals surface area contributed by atoms with Crippen molar-refractivity contribution in [2.45, 2.75) is 45.6 Å². The van der Waals surface area contributed by atoms with Gasteiger partial charge in [-0.1, -0.05) is 51.1 Å². The summed E-state index contributed by atoms with van der Waals surface area (Å²) in [7, 11) is 0. The van der Waals surface area contributed by atoms with Crippen LogP contribution in [0, 0.1) is 5.41 Å². The summed E-state index contributed by atoms with van der Waals surface area (Å²) in [4.78, 5) is 0. The highest BCUT2D eigenvalue weighted by molar-refractivity contribution is 5.22. The van der Waals surface area contributed by atoms with E-state index in [9.17, 15) is 0 Å². The molecule has 0 saturated heterocycles. The Kier molecular flexibility index (Phi) is 3.34. The monoisotopic (exact) mass is 217 g/mol. The van der Waals surface area contributed by atoms with Crippen LogP contribution >= 0.6 is 0 Å². The van der Waals surface area contributed by atoms with Crippen molar-refractivity contribution < 1.29 is 0 Å². The van der Waals surface area contributed by atoms with Gasteiger partial charge in [0.25, 0.3) is 0 Å². The summed E-state index contributed by atoms with van der Waals surface area (Å²) in [6.45, 7) is 7.98. The van der Waals surface area contributed by atoms with Crippen LogP contribution in [0.25, 0.3) is 0 Å². The largest absolute Gasteiger partial charge is 0.313 e. The highest BCUT2D eigenvalue weighted by Crippen LogP contribution is 2.36. The molecule has 16 heavy (non-hydrogen) atoms. The van der Waals surface area contributed by atoms with Crippen molar-refractivity contribution in [3.05, 3.63) is 35.9 Å². The standard InChI is InChI=1S/C15H23N/c1-15(2,3)11-16-14-9-13(10-14)12-7-5-4-6-8-12/h4-8,13-14,16H,9-11H2,1-3H3. The fourth-order valence-electron chi connectivity index (χ4n) is 2.23. The van der Waals surface area contributed by atoms with Gasteiger partial charge in [-0.3, -0.25) is 0 Å². The first-order valence-electron chi connectivity index (χ1n) is 6.33. The van der Waals surface area contributed by atoms with E-state index >= 15 is 0 Å². The molecule has 0 unspecified atom stereocenters. The first-order chi connectivity index (χ1) is 7.54. The SMILES string of the molecule is CC(C)(C)CNC1CC(c2ccccc2)C1. The number of benzene rings is 1. The van der Waals surface area contributed by atoms with Gasteiger partial charge in [0.05, 0.1) is 0 Å². The molecule has 1 fully saturated rings. The van der Waals surface area contributed by atoms with Crippen LogP contribution < -0.4 is 5.32 Å². The quantitative estimate of drug-likeness (QED) is 0.816. The van der Waals surface area contributed by atoms with Crippen molar-refractivity contribution in [1.29, 1.82) is 0 Å². The van der Waals surface area contributed by atoms with E-state index in [0.717, 1.165) is 18.5 Å². The van der Waals surface area contributed by atoms with E-state index in [1.165, 1.54) is 18.4 Å². The van der Waals surface area contributed by atoms with E-state index in [1.54, 1.807) is 0 Å². The Morgan fingerprint density at radius 1 is 1.12 bits per heavy atom. The average molecular weight is 217 g/mol. The van der Waals surface area contributed by atoms with Gasteiger partial charge in [-0.25, -0.2) is 0 Å². The number of hydrogen-bond donors (Lipinski definition) is 1. The lowest BCUT2D eigenvalue weighted by Gasteiger charge is -2.38. The third kappa shape index (κ3) is 3.08. The molecule has 0 atom stereocenters. The zero-order valence-corrected chi connectivity index (χ0v) is 10.7. The minimum Gasteiger partial charge on any atom is -0.313 e. The molecule has 1 aliphatic rings. The second-order valence-electron chi connectivity index (χ2n) is 6.22. The van der Waals surface area contributed by atoms with Crippen LogP contribution in [0.15, 0.2) is 30.3 Å².